The minimum atomic E-state index is 0.519. The highest BCUT2D eigenvalue weighted by Gasteiger charge is 2.11. The van der Waals surface area contributed by atoms with E-state index in [1.807, 2.05) is 42.1 Å². The van der Waals surface area contributed by atoms with Crippen LogP contribution in [0.15, 0.2) is 41.2 Å². The summed E-state index contributed by atoms with van der Waals surface area (Å²) in [6.07, 6.45) is 3.70. The Morgan fingerprint density at radius 2 is 2.15 bits per heavy atom. The van der Waals surface area contributed by atoms with Gasteiger partial charge in [-0.25, -0.2) is 4.98 Å². The number of rotatable bonds is 4. The fraction of sp³-hybridized carbons (Fsp3) is 0.214. The van der Waals surface area contributed by atoms with Crippen LogP contribution in [0.5, 0.6) is 0 Å². The van der Waals surface area contributed by atoms with Crippen LogP contribution in [0.1, 0.15) is 11.6 Å². The third kappa shape index (κ3) is 2.40. The van der Waals surface area contributed by atoms with Crippen LogP contribution in [-0.2, 0) is 13.6 Å². The lowest BCUT2D eigenvalue weighted by Gasteiger charge is -2.09. The van der Waals surface area contributed by atoms with Crippen LogP contribution in [0, 0.1) is 6.92 Å². The van der Waals surface area contributed by atoms with Gasteiger partial charge in [0.25, 0.3) is 5.89 Å². The lowest BCUT2D eigenvalue weighted by atomic mass is 10.1. The third-order valence-corrected chi connectivity index (χ3v) is 3.04. The van der Waals surface area contributed by atoms with E-state index < -0.39 is 0 Å². The Kier molecular flexibility index (Phi) is 3.20. The molecule has 0 fully saturated rings. The molecule has 0 amide bonds. The van der Waals surface area contributed by atoms with Gasteiger partial charge in [-0.3, -0.25) is 0 Å². The van der Waals surface area contributed by atoms with Gasteiger partial charge < -0.3 is 14.4 Å². The average molecular weight is 269 g/mol. The normalized spacial score (nSPS) is 10.7. The monoisotopic (exact) mass is 269 g/mol. The van der Waals surface area contributed by atoms with E-state index >= 15 is 0 Å². The molecule has 0 bridgehead atoms. The van der Waals surface area contributed by atoms with Gasteiger partial charge in [-0.2, -0.15) is 4.98 Å². The molecule has 0 saturated carbocycles. The van der Waals surface area contributed by atoms with E-state index in [4.69, 9.17) is 4.52 Å². The molecule has 1 aromatic carbocycles. The van der Waals surface area contributed by atoms with Crippen molar-refractivity contribution < 1.29 is 4.52 Å². The number of para-hydroxylation sites is 1. The first kappa shape index (κ1) is 12.4. The second kappa shape index (κ2) is 5.16. The molecule has 0 radical (unpaired) electrons. The molecule has 6 nitrogen and oxygen atoms in total. The molecule has 0 aliphatic rings. The zero-order valence-electron chi connectivity index (χ0n) is 11.4. The summed E-state index contributed by atoms with van der Waals surface area (Å²) in [5.41, 5.74) is 1.83. The maximum atomic E-state index is 5.23. The zero-order chi connectivity index (χ0) is 13.9. The van der Waals surface area contributed by atoms with Crippen molar-refractivity contribution in [3.63, 3.8) is 0 Å². The minimum absolute atomic E-state index is 0.519. The molecule has 1 N–H and O–H groups in total. The predicted molar refractivity (Wildman–Crippen MR) is 75.0 cm³/mol. The van der Waals surface area contributed by atoms with Crippen LogP contribution in [0.4, 0.5) is 5.69 Å². The van der Waals surface area contributed by atoms with Gasteiger partial charge in [0.15, 0.2) is 5.82 Å². The lowest BCUT2D eigenvalue weighted by Crippen LogP contribution is -2.06. The van der Waals surface area contributed by atoms with Crippen LogP contribution in [0.2, 0.25) is 0 Å². The van der Waals surface area contributed by atoms with Crippen molar-refractivity contribution in [3.8, 4) is 11.5 Å². The van der Waals surface area contributed by atoms with Gasteiger partial charge in [-0.15, -0.1) is 0 Å². The standard InChI is InChI=1S/C14H15N5O/c1-10-17-14(20-18-10)11-5-3-4-6-12(11)16-9-13-15-7-8-19(13)2/h3-8,16H,9H2,1-2H3. The zero-order valence-corrected chi connectivity index (χ0v) is 11.4. The number of benzene rings is 1. The highest BCUT2D eigenvalue weighted by Crippen LogP contribution is 2.26. The first-order valence-corrected chi connectivity index (χ1v) is 6.34. The first-order valence-electron chi connectivity index (χ1n) is 6.34. The van der Waals surface area contributed by atoms with E-state index in [2.05, 4.69) is 20.4 Å². The molecule has 3 aromatic rings. The largest absolute Gasteiger partial charge is 0.377 e. The second-order valence-electron chi connectivity index (χ2n) is 4.50. The fourth-order valence-corrected chi connectivity index (χ4v) is 1.97. The summed E-state index contributed by atoms with van der Waals surface area (Å²) in [4.78, 5) is 8.55. The molecule has 2 aromatic heterocycles. The quantitative estimate of drug-likeness (QED) is 0.787. The highest BCUT2D eigenvalue weighted by molar-refractivity contribution is 5.72. The number of hydrogen-bond donors (Lipinski definition) is 1. The van der Waals surface area contributed by atoms with Crippen molar-refractivity contribution >= 4 is 5.69 Å². The fourth-order valence-electron chi connectivity index (χ4n) is 1.97. The molecular weight excluding hydrogens is 254 g/mol. The number of nitrogens with zero attached hydrogens (tertiary/aromatic N) is 4. The first-order chi connectivity index (χ1) is 9.74. The summed E-state index contributed by atoms with van der Waals surface area (Å²) in [6, 6.07) is 7.85. The Labute approximate surface area is 116 Å². The summed E-state index contributed by atoms with van der Waals surface area (Å²) >= 11 is 0. The summed E-state index contributed by atoms with van der Waals surface area (Å²) in [5, 5.41) is 7.18. The maximum absolute atomic E-state index is 5.23. The van der Waals surface area contributed by atoms with E-state index in [1.54, 1.807) is 13.1 Å². The number of aryl methyl sites for hydroxylation is 2. The molecule has 6 heteroatoms. The van der Waals surface area contributed by atoms with E-state index in [0.717, 1.165) is 17.1 Å². The number of anilines is 1. The molecule has 2 heterocycles. The van der Waals surface area contributed by atoms with E-state index in [1.165, 1.54) is 0 Å². The highest BCUT2D eigenvalue weighted by atomic mass is 16.5. The number of nitrogens with one attached hydrogen (secondary N) is 1. The van der Waals surface area contributed by atoms with Crippen molar-refractivity contribution in [1.82, 2.24) is 19.7 Å². The van der Waals surface area contributed by atoms with Crippen LogP contribution in [0.3, 0.4) is 0 Å². The summed E-state index contributed by atoms with van der Waals surface area (Å²) in [6.45, 7) is 2.44. The van der Waals surface area contributed by atoms with Crippen molar-refractivity contribution in [2.24, 2.45) is 7.05 Å². The van der Waals surface area contributed by atoms with Crippen LogP contribution in [-0.4, -0.2) is 19.7 Å². The van der Waals surface area contributed by atoms with Crippen molar-refractivity contribution in [1.29, 1.82) is 0 Å². The number of aromatic nitrogens is 4. The second-order valence-corrected chi connectivity index (χ2v) is 4.50. The van der Waals surface area contributed by atoms with Crippen molar-refractivity contribution in [2.45, 2.75) is 13.5 Å². The molecule has 3 rings (SSSR count). The van der Waals surface area contributed by atoms with E-state index in [0.29, 0.717) is 18.3 Å². The van der Waals surface area contributed by atoms with Crippen LogP contribution < -0.4 is 5.32 Å². The molecule has 102 valence electrons. The smallest absolute Gasteiger partial charge is 0.260 e. The molecule has 0 aliphatic carbocycles. The summed E-state index contributed by atoms with van der Waals surface area (Å²) in [7, 11) is 1.97. The van der Waals surface area contributed by atoms with Crippen molar-refractivity contribution in [2.75, 3.05) is 5.32 Å². The van der Waals surface area contributed by atoms with Crippen LogP contribution in [0.25, 0.3) is 11.5 Å². The molecule has 0 saturated heterocycles. The topological polar surface area (TPSA) is 68.8 Å². The van der Waals surface area contributed by atoms with Gasteiger partial charge >= 0.3 is 0 Å². The van der Waals surface area contributed by atoms with E-state index in [-0.39, 0.29) is 0 Å². The molecule has 0 unspecified atom stereocenters. The SMILES string of the molecule is Cc1noc(-c2ccccc2NCc2nccn2C)n1. The molecule has 0 spiro atoms. The van der Waals surface area contributed by atoms with Gasteiger partial charge in [0.05, 0.1) is 12.1 Å². The third-order valence-electron chi connectivity index (χ3n) is 3.04. The Balaban J connectivity index is 1.85. The Morgan fingerprint density at radius 1 is 1.30 bits per heavy atom. The summed E-state index contributed by atoms with van der Waals surface area (Å²) < 4.78 is 7.21. The van der Waals surface area contributed by atoms with Crippen molar-refractivity contribution in [3.05, 3.63) is 48.3 Å². The predicted octanol–water partition coefficient (Wildman–Crippen LogP) is 2.39. The Morgan fingerprint density at radius 3 is 2.85 bits per heavy atom. The number of hydrogen-bond acceptors (Lipinski definition) is 5. The molecule has 0 atom stereocenters. The average Bonchev–Trinajstić information content (AvgIpc) is 3.06. The lowest BCUT2D eigenvalue weighted by molar-refractivity contribution is 0.426. The molecule has 0 aliphatic heterocycles. The van der Waals surface area contributed by atoms with Gasteiger partial charge in [0.1, 0.15) is 5.82 Å². The molecule has 20 heavy (non-hydrogen) atoms. The Bertz CT molecular complexity index is 716. The summed E-state index contributed by atoms with van der Waals surface area (Å²) in [5.74, 6) is 2.10. The number of imidazole rings is 1. The molecular formula is C14H15N5O. The van der Waals surface area contributed by atoms with Gasteiger partial charge in [-0.05, 0) is 19.1 Å². The Hall–Kier alpha value is -2.63. The van der Waals surface area contributed by atoms with Gasteiger partial charge in [-0.1, -0.05) is 17.3 Å². The minimum Gasteiger partial charge on any atom is -0.377 e. The van der Waals surface area contributed by atoms with E-state index in [9.17, 15) is 0 Å². The van der Waals surface area contributed by atoms with Crippen LogP contribution >= 0.6 is 0 Å². The van der Waals surface area contributed by atoms with Gasteiger partial charge in [0.2, 0.25) is 0 Å². The van der Waals surface area contributed by atoms with Gasteiger partial charge in [0, 0.05) is 25.1 Å². The maximum Gasteiger partial charge on any atom is 0.260 e.